The monoisotopic (exact) mass is 428 g/mol. The molecule has 7 N–H and O–H groups in total. The summed E-state index contributed by atoms with van der Waals surface area (Å²) in [5.41, 5.74) is 6.57. The van der Waals surface area contributed by atoms with Gasteiger partial charge in [-0.15, -0.1) is 0 Å². The summed E-state index contributed by atoms with van der Waals surface area (Å²) in [6.45, 7) is 4.88. The number of carbonyl (C=O) groups excluding carboxylic acids is 3. The number of nitrogens with two attached hydrogens (primary N) is 1. The Labute approximate surface area is 174 Å². The molecular weight excluding hydrogens is 400 g/mol. The Morgan fingerprint density at radius 2 is 1.79 bits per heavy atom. The predicted octanol–water partition coefficient (Wildman–Crippen LogP) is -1.58. The van der Waals surface area contributed by atoms with Gasteiger partial charge in [0, 0.05) is 24.1 Å². The number of rotatable bonds is 11. The Balaban J connectivity index is 2.67. The molecule has 1 aromatic rings. The molecule has 0 aliphatic heterocycles. The maximum absolute atomic E-state index is 12.6. The fourth-order valence-electron chi connectivity index (χ4n) is 2.37. The zero-order valence-electron chi connectivity index (χ0n) is 16.5. The molecule has 0 saturated carbocycles. The van der Waals surface area contributed by atoms with Gasteiger partial charge in [0.15, 0.2) is 0 Å². The minimum absolute atomic E-state index is 0.0966. The summed E-state index contributed by atoms with van der Waals surface area (Å²) < 4.78 is 0. The number of hydrogen-bond donors (Lipinski definition) is 7. The zero-order valence-corrected chi connectivity index (χ0v) is 17.4. The van der Waals surface area contributed by atoms with E-state index in [1.54, 1.807) is 20.0 Å². The van der Waals surface area contributed by atoms with E-state index in [0.29, 0.717) is 5.69 Å². The average Bonchev–Trinajstić information content (AvgIpc) is 3.15. The molecule has 0 spiro atoms. The summed E-state index contributed by atoms with van der Waals surface area (Å²) in [5.74, 6) is -3.39. The summed E-state index contributed by atoms with van der Waals surface area (Å²) in [6, 6.07) is -4.00. The summed E-state index contributed by atoms with van der Waals surface area (Å²) in [4.78, 5) is 54.7. The second-order valence-corrected chi connectivity index (χ2v) is 7.30. The number of carboxylic acid groups (broad SMARTS) is 1. The number of aromatic amines is 1. The molecule has 0 aromatic carbocycles. The number of carboxylic acids is 1. The number of H-pyrrole nitrogens is 1. The standard InChI is InChI=1S/C17H28N6O5S/c1-8(2)13(23-15(25)11(18)4-10-5-19-7-20-10)16(26)21-9(3)14(24)22-12(6-29)17(27)28/h5,7-9,11-13,29H,4,6,18H2,1-3H3,(H,19,20)(H,21,26)(H,22,24)(H,23,25)(H,27,28). The Kier molecular flexibility index (Phi) is 9.62. The number of amides is 3. The number of imidazole rings is 1. The number of nitrogens with zero attached hydrogens (tertiary/aromatic N) is 1. The first kappa shape index (κ1) is 24.4. The normalized spacial score (nSPS) is 15.1. The molecule has 0 aliphatic carbocycles. The van der Waals surface area contributed by atoms with Gasteiger partial charge in [0.05, 0.1) is 12.4 Å². The third-order valence-electron chi connectivity index (χ3n) is 4.13. The van der Waals surface area contributed by atoms with Crippen LogP contribution in [0.1, 0.15) is 26.5 Å². The fraction of sp³-hybridized carbons (Fsp3) is 0.588. The van der Waals surface area contributed by atoms with Crippen LogP contribution in [0.4, 0.5) is 0 Å². The highest BCUT2D eigenvalue weighted by Crippen LogP contribution is 2.05. The highest BCUT2D eigenvalue weighted by Gasteiger charge is 2.29. The van der Waals surface area contributed by atoms with Crippen LogP contribution in [0.2, 0.25) is 0 Å². The van der Waals surface area contributed by atoms with E-state index in [4.69, 9.17) is 10.8 Å². The van der Waals surface area contributed by atoms with E-state index >= 15 is 0 Å². The molecule has 0 fully saturated rings. The van der Waals surface area contributed by atoms with E-state index in [0.717, 1.165) is 0 Å². The average molecular weight is 429 g/mol. The number of aliphatic carboxylic acids is 1. The maximum Gasteiger partial charge on any atom is 0.327 e. The van der Waals surface area contributed by atoms with Gasteiger partial charge in [-0.3, -0.25) is 14.4 Å². The van der Waals surface area contributed by atoms with Gasteiger partial charge in [-0.2, -0.15) is 12.6 Å². The number of hydrogen-bond acceptors (Lipinski definition) is 7. The van der Waals surface area contributed by atoms with E-state index < -0.39 is 47.9 Å². The maximum atomic E-state index is 12.6. The van der Waals surface area contributed by atoms with Crippen LogP contribution >= 0.6 is 12.6 Å². The molecule has 1 aromatic heterocycles. The van der Waals surface area contributed by atoms with Crippen LogP contribution in [0.3, 0.4) is 0 Å². The van der Waals surface area contributed by atoms with E-state index in [1.165, 1.54) is 13.3 Å². The van der Waals surface area contributed by atoms with Crippen molar-refractivity contribution in [3.05, 3.63) is 18.2 Å². The number of carbonyl (C=O) groups is 4. The summed E-state index contributed by atoms with van der Waals surface area (Å²) in [6.07, 6.45) is 3.24. The molecule has 4 unspecified atom stereocenters. The number of aromatic nitrogens is 2. The summed E-state index contributed by atoms with van der Waals surface area (Å²) >= 11 is 3.87. The van der Waals surface area contributed by atoms with E-state index in [9.17, 15) is 19.2 Å². The lowest BCUT2D eigenvalue weighted by atomic mass is 10.0. The van der Waals surface area contributed by atoms with Crippen molar-refractivity contribution in [1.29, 1.82) is 0 Å². The van der Waals surface area contributed by atoms with Crippen LogP contribution in [-0.4, -0.2) is 68.7 Å². The van der Waals surface area contributed by atoms with Crippen molar-refractivity contribution in [2.75, 3.05) is 5.75 Å². The molecule has 0 radical (unpaired) electrons. The van der Waals surface area contributed by atoms with Crippen LogP contribution in [0.25, 0.3) is 0 Å². The molecule has 29 heavy (non-hydrogen) atoms. The van der Waals surface area contributed by atoms with Crippen molar-refractivity contribution in [2.24, 2.45) is 11.7 Å². The second-order valence-electron chi connectivity index (χ2n) is 6.93. The van der Waals surface area contributed by atoms with Gasteiger partial charge in [-0.1, -0.05) is 13.8 Å². The summed E-state index contributed by atoms with van der Waals surface area (Å²) in [5, 5.41) is 16.3. The lowest BCUT2D eigenvalue weighted by Gasteiger charge is -2.25. The molecule has 3 amide bonds. The molecule has 0 saturated heterocycles. The van der Waals surface area contributed by atoms with Gasteiger partial charge in [0.1, 0.15) is 18.1 Å². The predicted molar refractivity (Wildman–Crippen MR) is 108 cm³/mol. The Bertz CT molecular complexity index is 711. The molecule has 0 aliphatic rings. The van der Waals surface area contributed by atoms with Crippen molar-refractivity contribution < 1.29 is 24.3 Å². The minimum Gasteiger partial charge on any atom is -0.480 e. The highest BCUT2D eigenvalue weighted by molar-refractivity contribution is 7.80. The van der Waals surface area contributed by atoms with Gasteiger partial charge in [0.25, 0.3) is 0 Å². The second kappa shape index (κ2) is 11.4. The van der Waals surface area contributed by atoms with Gasteiger partial charge in [-0.25, -0.2) is 9.78 Å². The first-order valence-electron chi connectivity index (χ1n) is 9.04. The molecule has 162 valence electrons. The highest BCUT2D eigenvalue weighted by atomic mass is 32.1. The third kappa shape index (κ3) is 7.74. The Hall–Kier alpha value is -2.60. The molecule has 12 heteroatoms. The SMILES string of the molecule is CC(NC(=O)C(NC(=O)C(N)Cc1cnc[nH]1)C(C)C)C(=O)NC(CS)C(=O)O. The van der Waals surface area contributed by atoms with Crippen LogP contribution in [0.15, 0.2) is 12.5 Å². The molecule has 1 rings (SSSR count). The van der Waals surface area contributed by atoms with Crippen LogP contribution in [-0.2, 0) is 25.6 Å². The lowest BCUT2D eigenvalue weighted by Crippen LogP contribution is -2.58. The zero-order chi connectivity index (χ0) is 22.1. The Morgan fingerprint density at radius 1 is 1.14 bits per heavy atom. The molecule has 1 heterocycles. The van der Waals surface area contributed by atoms with Crippen molar-refractivity contribution in [1.82, 2.24) is 25.9 Å². The van der Waals surface area contributed by atoms with Crippen molar-refractivity contribution >= 4 is 36.3 Å². The van der Waals surface area contributed by atoms with E-state index in [1.807, 2.05) is 0 Å². The van der Waals surface area contributed by atoms with Crippen LogP contribution in [0.5, 0.6) is 0 Å². The van der Waals surface area contributed by atoms with Crippen LogP contribution < -0.4 is 21.7 Å². The summed E-state index contributed by atoms with van der Waals surface area (Å²) in [7, 11) is 0. The number of thiol groups is 1. The van der Waals surface area contributed by atoms with E-state index in [2.05, 4.69) is 38.5 Å². The third-order valence-corrected chi connectivity index (χ3v) is 4.49. The first-order valence-corrected chi connectivity index (χ1v) is 9.67. The van der Waals surface area contributed by atoms with Crippen molar-refractivity contribution in [3.8, 4) is 0 Å². The van der Waals surface area contributed by atoms with Gasteiger partial charge >= 0.3 is 5.97 Å². The topological polar surface area (TPSA) is 179 Å². The molecule has 4 atom stereocenters. The number of nitrogens with one attached hydrogen (secondary N) is 4. The molecule has 0 bridgehead atoms. The molecule has 11 nitrogen and oxygen atoms in total. The largest absolute Gasteiger partial charge is 0.480 e. The van der Waals surface area contributed by atoms with Gasteiger partial charge < -0.3 is 31.8 Å². The minimum atomic E-state index is -1.23. The smallest absolute Gasteiger partial charge is 0.327 e. The lowest BCUT2D eigenvalue weighted by molar-refractivity contribution is -0.141. The first-order chi connectivity index (χ1) is 13.6. The quantitative estimate of drug-likeness (QED) is 0.208. The fourth-order valence-corrected chi connectivity index (χ4v) is 2.62. The van der Waals surface area contributed by atoms with Gasteiger partial charge in [0.2, 0.25) is 17.7 Å². The van der Waals surface area contributed by atoms with Gasteiger partial charge in [-0.05, 0) is 12.8 Å². The van der Waals surface area contributed by atoms with Crippen LogP contribution in [0, 0.1) is 5.92 Å². The van der Waals surface area contributed by atoms with E-state index in [-0.39, 0.29) is 18.1 Å². The van der Waals surface area contributed by atoms with Crippen molar-refractivity contribution in [3.63, 3.8) is 0 Å². The van der Waals surface area contributed by atoms with Crippen molar-refractivity contribution in [2.45, 2.75) is 51.4 Å². The molecular formula is C17H28N6O5S. The Morgan fingerprint density at radius 3 is 2.28 bits per heavy atom.